The fourth-order valence-corrected chi connectivity index (χ4v) is 1.19. The first-order chi connectivity index (χ1) is 7.36. The summed E-state index contributed by atoms with van der Waals surface area (Å²) in [5.74, 6) is 0. The molecule has 0 aliphatic carbocycles. The van der Waals surface area contributed by atoms with E-state index in [9.17, 15) is 28.1 Å². The first-order valence-electron chi connectivity index (χ1n) is 4.14. The highest BCUT2D eigenvalue weighted by Crippen LogP contribution is 2.32. The molecule has 86 valence electrons. The Morgan fingerprint density at radius 2 is 2.00 bits per heavy atom. The van der Waals surface area contributed by atoms with Gasteiger partial charge in [-0.15, -0.1) is 0 Å². The van der Waals surface area contributed by atoms with Crippen LogP contribution in [-0.2, 0) is 17.4 Å². The molecule has 1 rings (SSSR count). The van der Waals surface area contributed by atoms with Gasteiger partial charge in [0.2, 0.25) is 0 Å². The molecule has 0 heterocycles. The van der Waals surface area contributed by atoms with E-state index in [-0.39, 0.29) is 5.56 Å². The zero-order valence-electron chi connectivity index (χ0n) is 7.82. The molecule has 0 saturated carbocycles. The fraction of sp³-hybridized carbons (Fsp3) is 0.222. The maximum absolute atomic E-state index is 12.3. The lowest BCUT2D eigenvalue weighted by atomic mass is 10.1. The largest absolute Gasteiger partial charge is 0.416 e. The van der Waals surface area contributed by atoms with E-state index in [1.807, 2.05) is 0 Å². The summed E-state index contributed by atoms with van der Waals surface area (Å²) in [4.78, 5) is 19.9. The molecule has 4 nitrogen and oxygen atoms in total. The van der Waals surface area contributed by atoms with E-state index in [4.69, 9.17) is 0 Å². The number of nitro groups is 1. The molecule has 0 aliphatic heterocycles. The van der Waals surface area contributed by atoms with Crippen molar-refractivity contribution in [1.29, 1.82) is 0 Å². The highest BCUT2D eigenvalue weighted by Gasteiger charge is 2.32. The monoisotopic (exact) mass is 233 g/mol. The first-order valence-corrected chi connectivity index (χ1v) is 4.14. The smallest absolute Gasteiger partial charge is 0.303 e. The Morgan fingerprint density at radius 3 is 2.44 bits per heavy atom. The number of carbonyl (C=O) groups excluding carboxylic acids is 1. The number of nitro benzene ring substituents is 1. The molecule has 1 aromatic rings. The second-order valence-corrected chi connectivity index (χ2v) is 2.97. The molecule has 0 bridgehead atoms. The van der Waals surface area contributed by atoms with Crippen LogP contribution in [0, 0.1) is 10.1 Å². The van der Waals surface area contributed by atoms with E-state index in [1.54, 1.807) is 0 Å². The maximum atomic E-state index is 12.3. The Balaban J connectivity index is 3.27. The van der Waals surface area contributed by atoms with Gasteiger partial charge in [0.05, 0.1) is 10.5 Å². The average Bonchev–Trinajstić information content (AvgIpc) is 2.16. The van der Waals surface area contributed by atoms with Crippen molar-refractivity contribution < 1.29 is 22.9 Å². The van der Waals surface area contributed by atoms with Gasteiger partial charge in [-0.25, -0.2) is 0 Å². The predicted molar refractivity (Wildman–Crippen MR) is 47.9 cm³/mol. The van der Waals surface area contributed by atoms with Gasteiger partial charge in [0.1, 0.15) is 6.29 Å². The SMILES string of the molecule is O=CCc1cc(C(F)(F)F)ccc1[N+](=O)[O-]. The summed E-state index contributed by atoms with van der Waals surface area (Å²) < 4.78 is 36.8. The van der Waals surface area contributed by atoms with Gasteiger partial charge < -0.3 is 4.79 Å². The van der Waals surface area contributed by atoms with Crippen molar-refractivity contribution in [2.45, 2.75) is 12.6 Å². The quantitative estimate of drug-likeness (QED) is 0.457. The van der Waals surface area contributed by atoms with Crippen molar-refractivity contribution in [3.8, 4) is 0 Å². The van der Waals surface area contributed by atoms with E-state index in [2.05, 4.69) is 0 Å². The summed E-state index contributed by atoms with van der Waals surface area (Å²) >= 11 is 0. The summed E-state index contributed by atoms with van der Waals surface area (Å²) in [5, 5.41) is 10.5. The van der Waals surface area contributed by atoms with E-state index >= 15 is 0 Å². The van der Waals surface area contributed by atoms with Gasteiger partial charge in [-0.1, -0.05) is 0 Å². The Hall–Kier alpha value is -1.92. The number of rotatable bonds is 3. The van der Waals surface area contributed by atoms with Gasteiger partial charge in [0.25, 0.3) is 5.69 Å². The number of carbonyl (C=O) groups is 1. The van der Waals surface area contributed by atoms with E-state index in [0.717, 1.165) is 6.07 Å². The third kappa shape index (κ3) is 2.56. The minimum Gasteiger partial charge on any atom is -0.303 e. The van der Waals surface area contributed by atoms with Crippen molar-refractivity contribution in [3.63, 3.8) is 0 Å². The van der Waals surface area contributed by atoms with Crippen LogP contribution in [-0.4, -0.2) is 11.2 Å². The lowest BCUT2D eigenvalue weighted by molar-refractivity contribution is -0.385. The Kier molecular flexibility index (Phi) is 3.26. The third-order valence-electron chi connectivity index (χ3n) is 1.91. The predicted octanol–water partition coefficient (Wildman–Crippen LogP) is 2.36. The van der Waals surface area contributed by atoms with Crippen LogP contribution in [0.1, 0.15) is 11.1 Å². The van der Waals surface area contributed by atoms with Gasteiger partial charge in [-0.3, -0.25) is 10.1 Å². The topological polar surface area (TPSA) is 60.2 Å². The van der Waals surface area contributed by atoms with E-state index in [1.165, 1.54) is 0 Å². The number of halogens is 3. The molecule has 0 amide bonds. The van der Waals surface area contributed by atoms with E-state index < -0.39 is 28.8 Å². The lowest BCUT2D eigenvalue weighted by Gasteiger charge is -2.07. The molecule has 0 spiro atoms. The molecule has 0 saturated heterocycles. The zero-order valence-corrected chi connectivity index (χ0v) is 7.82. The molecule has 7 heteroatoms. The summed E-state index contributed by atoms with van der Waals surface area (Å²) in [6.45, 7) is 0. The Morgan fingerprint density at radius 1 is 1.38 bits per heavy atom. The van der Waals surface area contributed by atoms with Crippen LogP contribution in [0.5, 0.6) is 0 Å². The van der Waals surface area contributed by atoms with Crippen LogP contribution < -0.4 is 0 Å². The minimum atomic E-state index is -4.58. The lowest BCUT2D eigenvalue weighted by Crippen LogP contribution is -2.07. The van der Waals surface area contributed by atoms with Gasteiger partial charge >= 0.3 is 6.18 Å². The number of nitrogens with zero attached hydrogens (tertiary/aromatic N) is 1. The minimum absolute atomic E-state index is 0.241. The van der Waals surface area contributed by atoms with Crippen molar-refractivity contribution >= 4 is 12.0 Å². The van der Waals surface area contributed by atoms with Gasteiger partial charge in [0.15, 0.2) is 0 Å². The Bertz CT molecular complexity index is 428. The van der Waals surface area contributed by atoms with Crippen molar-refractivity contribution in [2.75, 3.05) is 0 Å². The zero-order chi connectivity index (χ0) is 12.3. The number of hydrogen-bond acceptors (Lipinski definition) is 3. The molecular formula is C9H6F3NO3. The molecule has 0 aromatic heterocycles. The average molecular weight is 233 g/mol. The second-order valence-electron chi connectivity index (χ2n) is 2.97. The second kappa shape index (κ2) is 4.30. The van der Waals surface area contributed by atoms with Gasteiger partial charge in [0, 0.05) is 18.1 Å². The van der Waals surface area contributed by atoms with Crippen LogP contribution in [0.3, 0.4) is 0 Å². The number of alkyl halides is 3. The van der Waals surface area contributed by atoms with E-state index in [0.29, 0.717) is 18.4 Å². The van der Waals surface area contributed by atoms with Gasteiger partial charge in [-0.2, -0.15) is 13.2 Å². The standard InChI is InChI=1S/C9H6F3NO3/c10-9(11,12)7-1-2-8(13(15)16)6(5-7)3-4-14/h1-2,4-5H,3H2. The summed E-state index contributed by atoms with van der Waals surface area (Å²) in [6.07, 6.45) is -4.67. The van der Waals surface area contributed by atoms with Crippen molar-refractivity contribution in [3.05, 3.63) is 39.4 Å². The van der Waals surface area contributed by atoms with Gasteiger partial charge in [-0.05, 0) is 12.1 Å². The number of hydrogen-bond donors (Lipinski definition) is 0. The molecule has 0 unspecified atom stereocenters. The summed E-state index contributed by atoms with van der Waals surface area (Å²) in [5.41, 5.74) is -1.73. The molecule has 0 atom stereocenters. The number of aldehydes is 1. The van der Waals surface area contributed by atoms with Crippen LogP contribution in [0.15, 0.2) is 18.2 Å². The summed E-state index contributed by atoms with van der Waals surface area (Å²) in [6, 6.07) is 1.99. The highest BCUT2D eigenvalue weighted by molar-refractivity contribution is 5.59. The van der Waals surface area contributed by atoms with Crippen LogP contribution >= 0.6 is 0 Å². The molecular weight excluding hydrogens is 227 g/mol. The van der Waals surface area contributed by atoms with Crippen LogP contribution in [0.4, 0.5) is 18.9 Å². The highest BCUT2D eigenvalue weighted by atomic mass is 19.4. The molecule has 16 heavy (non-hydrogen) atoms. The molecule has 0 radical (unpaired) electrons. The van der Waals surface area contributed by atoms with Crippen molar-refractivity contribution in [1.82, 2.24) is 0 Å². The third-order valence-corrected chi connectivity index (χ3v) is 1.91. The molecule has 0 aliphatic rings. The molecule has 0 N–H and O–H groups in total. The molecule has 1 aromatic carbocycles. The van der Waals surface area contributed by atoms with Crippen molar-refractivity contribution in [2.24, 2.45) is 0 Å². The normalized spacial score (nSPS) is 11.2. The molecule has 0 fully saturated rings. The fourth-order valence-electron chi connectivity index (χ4n) is 1.19. The van der Waals surface area contributed by atoms with Crippen LogP contribution in [0.2, 0.25) is 0 Å². The summed E-state index contributed by atoms with van der Waals surface area (Å²) in [7, 11) is 0. The Labute approximate surface area is 87.8 Å². The maximum Gasteiger partial charge on any atom is 0.416 e. The van der Waals surface area contributed by atoms with Crippen LogP contribution in [0.25, 0.3) is 0 Å². The first kappa shape index (κ1) is 12.2. The number of benzene rings is 1.